The first kappa shape index (κ1) is 15.8. The van der Waals surface area contributed by atoms with E-state index in [0.29, 0.717) is 6.61 Å². The molecule has 1 aliphatic heterocycles. The third-order valence-electron chi connectivity index (χ3n) is 3.02. The highest BCUT2D eigenvalue weighted by Gasteiger charge is 2.27. The molecule has 2 rings (SSSR count). The topological polar surface area (TPSA) is 85.6 Å². The first-order chi connectivity index (χ1) is 9.29. The molecule has 0 aromatic carbocycles. The molecular formula is C11H13BrClNO5S. The predicted molar refractivity (Wildman–Crippen MR) is 75.3 cm³/mol. The van der Waals surface area contributed by atoms with Crippen LogP contribution < -0.4 is 5.32 Å². The Morgan fingerprint density at radius 3 is 2.80 bits per heavy atom. The lowest BCUT2D eigenvalue weighted by Gasteiger charge is -2.19. The smallest absolute Gasteiger partial charge is 0.287 e. The summed E-state index contributed by atoms with van der Waals surface area (Å²) in [6, 6.07) is 0.897. The van der Waals surface area contributed by atoms with Crippen molar-refractivity contribution in [2.24, 2.45) is 0 Å². The quantitative estimate of drug-likeness (QED) is 0.802. The standard InChI is InChI=1S/C11H13BrClNO5S/c1-6(7-3-2-4-18-7)14-11(15)8-5-9(10(12)19-8)20(13,16)17/h5-7H,2-4H2,1H3,(H,14,15). The highest BCUT2D eigenvalue weighted by Crippen LogP contribution is 2.28. The molecule has 0 saturated carbocycles. The minimum atomic E-state index is -3.96. The summed E-state index contributed by atoms with van der Waals surface area (Å²) in [6.07, 6.45) is 1.81. The summed E-state index contributed by atoms with van der Waals surface area (Å²) in [5.74, 6) is -0.638. The Hall–Kier alpha value is -0.570. The number of ether oxygens (including phenoxy) is 1. The fraction of sp³-hybridized carbons (Fsp3) is 0.545. The number of nitrogens with one attached hydrogen (secondary N) is 1. The Morgan fingerprint density at radius 1 is 1.60 bits per heavy atom. The van der Waals surface area contributed by atoms with Crippen molar-refractivity contribution in [1.82, 2.24) is 5.32 Å². The van der Waals surface area contributed by atoms with E-state index < -0.39 is 15.0 Å². The SMILES string of the molecule is CC(NC(=O)c1cc(S(=O)(=O)Cl)c(Br)o1)C1CCCO1. The fourth-order valence-electron chi connectivity index (χ4n) is 2.00. The summed E-state index contributed by atoms with van der Waals surface area (Å²) in [6.45, 7) is 2.51. The van der Waals surface area contributed by atoms with Gasteiger partial charge >= 0.3 is 0 Å². The van der Waals surface area contributed by atoms with Crippen LogP contribution in [0, 0.1) is 0 Å². The highest BCUT2D eigenvalue weighted by molar-refractivity contribution is 9.10. The van der Waals surface area contributed by atoms with Gasteiger partial charge in [-0.2, -0.15) is 0 Å². The van der Waals surface area contributed by atoms with E-state index in [1.807, 2.05) is 6.92 Å². The van der Waals surface area contributed by atoms with Gasteiger partial charge in [-0.15, -0.1) is 0 Å². The minimum absolute atomic E-state index is 0.0337. The molecule has 2 heterocycles. The number of furan rings is 1. The van der Waals surface area contributed by atoms with Crippen LogP contribution in [0.1, 0.15) is 30.3 Å². The number of amides is 1. The van der Waals surface area contributed by atoms with Crippen molar-refractivity contribution in [1.29, 1.82) is 0 Å². The van der Waals surface area contributed by atoms with Crippen molar-refractivity contribution in [3.8, 4) is 0 Å². The van der Waals surface area contributed by atoms with Gasteiger partial charge in [0, 0.05) is 23.4 Å². The summed E-state index contributed by atoms with van der Waals surface area (Å²) in [5.41, 5.74) is 0. The summed E-state index contributed by atoms with van der Waals surface area (Å²) in [7, 11) is 1.26. The number of carbonyl (C=O) groups excluding carboxylic acids is 1. The molecule has 0 radical (unpaired) electrons. The van der Waals surface area contributed by atoms with E-state index >= 15 is 0 Å². The van der Waals surface area contributed by atoms with Gasteiger partial charge in [-0.05, 0) is 35.7 Å². The van der Waals surface area contributed by atoms with Crippen LogP contribution in [0.15, 0.2) is 20.0 Å². The summed E-state index contributed by atoms with van der Waals surface area (Å²) in [5, 5.41) is 2.71. The van der Waals surface area contributed by atoms with Gasteiger partial charge in [-0.1, -0.05) is 0 Å². The maximum absolute atomic E-state index is 12.0. The van der Waals surface area contributed by atoms with Crippen molar-refractivity contribution in [3.63, 3.8) is 0 Å². The minimum Gasteiger partial charge on any atom is -0.443 e. The number of carbonyl (C=O) groups is 1. The van der Waals surface area contributed by atoms with Crippen molar-refractivity contribution in [2.75, 3.05) is 6.61 Å². The van der Waals surface area contributed by atoms with Gasteiger partial charge in [0.25, 0.3) is 15.0 Å². The zero-order valence-corrected chi connectivity index (χ0v) is 13.7. The molecule has 20 heavy (non-hydrogen) atoms. The first-order valence-electron chi connectivity index (χ1n) is 5.95. The summed E-state index contributed by atoms with van der Waals surface area (Å²) < 4.78 is 32.9. The van der Waals surface area contributed by atoms with E-state index in [9.17, 15) is 13.2 Å². The Bertz CT molecular complexity index is 608. The van der Waals surface area contributed by atoms with Crippen LogP contribution in [0.3, 0.4) is 0 Å². The van der Waals surface area contributed by atoms with Crippen molar-refractivity contribution < 1.29 is 22.4 Å². The van der Waals surface area contributed by atoms with Crippen molar-refractivity contribution in [3.05, 3.63) is 16.5 Å². The highest BCUT2D eigenvalue weighted by atomic mass is 79.9. The van der Waals surface area contributed by atoms with Crippen LogP contribution >= 0.6 is 26.6 Å². The predicted octanol–water partition coefficient (Wildman–Crippen LogP) is 2.27. The molecule has 0 spiro atoms. The Kier molecular flexibility index (Phi) is 4.78. The molecule has 1 aromatic heterocycles. The third-order valence-corrected chi connectivity index (χ3v) is 5.20. The van der Waals surface area contributed by atoms with Gasteiger partial charge in [0.05, 0.1) is 12.1 Å². The van der Waals surface area contributed by atoms with Crippen molar-refractivity contribution >= 4 is 41.6 Å². The Labute approximate surface area is 129 Å². The molecule has 2 unspecified atom stereocenters. The Balaban J connectivity index is 2.10. The van der Waals surface area contributed by atoms with E-state index in [2.05, 4.69) is 21.2 Å². The second-order valence-electron chi connectivity index (χ2n) is 4.50. The molecule has 1 N–H and O–H groups in total. The van der Waals surface area contributed by atoms with Gasteiger partial charge in [-0.3, -0.25) is 4.79 Å². The van der Waals surface area contributed by atoms with E-state index in [0.717, 1.165) is 18.9 Å². The van der Waals surface area contributed by atoms with Gasteiger partial charge in [-0.25, -0.2) is 8.42 Å². The number of rotatable bonds is 4. The van der Waals surface area contributed by atoms with Gasteiger partial charge in [0.1, 0.15) is 4.90 Å². The van der Waals surface area contributed by atoms with E-state index in [-0.39, 0.29) is 27.5 Å². The monoisotopic (exact) mass is 385 g/mol. The second-order valence-corrected chi connectivity index (χ2v) is 7.75. The summed E-state index contributed by atoms with van der Waals surface area (Å²) in [4.78, 5) is 11.7. The van der Waals surface area contributed by atoms with Crippen molar-refractivity contribution in [2.45, 2.75) is 36.8 Å². The average Bonchev–Trinajstić information content (AvgIpc) is 2.95. The molecule has 0 bridgehead atoms. The van der Waals surface area contributed by atoms with Gasteiger partial charge in [0.2, 0.25) is 0 Å². The van der Waals surface area contributed by atoms with Crippen LogP contribution in [0.4, 0.5) is 0 Å². The second kappa shape index (κ2) is 6.05. The average molecular weight is 387 g/mol. The maximum Gasteiger partial charge on any atom is 0.287 e. The zero-order valence-electron chi connectivity index (χ0n) is 10.6. The molecule has 2 atom stereocenters. The number of halogens is 2. The lowest BCUT2D eigenvalue weighted by Crippen LogP contribution is -2.40. The van der Waals surface area contributed by atoms with Crippen LogP contribution in [0.2, 0.25) is 0 Å². The number of hydrogen-bond donors (Lipinski definition) is 1. The van der Waals surface area contributed by atoms with Crippen LogP contribution in [-0.4, -0.2) is 33.1 Å². The molecule has 1 amide bonds. The third kappa shape index (κ3) is 3.55. The van der Waals surface area contributed by atoms with E-state index in [1.165, 1.54) is 0 Å². The molecule has 1 aliphatic rings. The lowest BCUT2D eigenvalue weighted by molar-refractivity contribution is 0.0696. The van der Waals surface area contributed by atoms with Gasteiger partial charge in [0.15, 0.2) is 10.4 Å². The van der Waals surface area contributed by atoms with Crippen LogP contribution in [0.25, 0.3) is 0 Å². The molecule has 1 fully saturated rings. The van der Waals surface area contributed by atoms with E-state index in [4.69, 9.17) is 19.8 Å². The molecule has 0 aliphatic carbocycles. The fourth-order valence-corrected chi connectivity index (χ4v) is 4.03. The van der Waals surface area contributed by atoms with Crippen LogP contribution in [0.5, 0.6) is 0 Å². The number of hydrogen-bond acceptors (Lipinski definition) is 5. The van der Waals surface area contributed by atoms with Crippen LogP contribution in [-0.2, 0) is 13.8 Å². The molecule has 1 saturated heterocycles. The first-order valence-corrected chi connectivity index (χ1v) is 9.05. The largest absolute Gasteiger partial charge is 0.443 e. The Morgan fingerprint density at radius 2 is 2.30 bits per heavy atom. The lowest BCUT2D eigenvalue weighted by atomic mass is 10.1. The summed E-state index contributed by atoms with van der Waals surface area (Å²) >= 11 is 2.92. The molecule has 1 aromatic rings. The molecule has 6 nitrogen and oxygen atoms in total. The normalized spacial score (nSPS) is 20.9. The zero-order chi connectivity index (χ0) is 14.9. The van der Waals surface area contributed by atoms with Gasteiger partial charge < -0.3 is 14.5 Å². The molecular weight excluding hydrogens is 374 g/mol. The molecule has 9 heteroatoms. The van der Waals surface area contributed by atoms with E-state index in [1.54, 1.807) is 0 Å². The maximum atomic E-state index is 12.0. The molecule has 112 valence electrons.